The van der Waals surface area contributed by atoms with Crippen LogP contribution in [0.4, 0.5) is 23.7 Å². The van der Waals surface area contributed by atoms with Crippen LogP contribution in [0.5, 0.6) is 0 Å². The number of alkyl halides is 3. The van der Waals surface area contributed by atoms with Crippen LogP contribution in [0, 0.1) is 0 Å². The molecule has 0 unspecified atom stereocenters. The van der Waals surface area contributed by atoms with Crippen molar-refractivity contribution in [2.45, 2.75) is 31.1 Å². The van der Waals surface area contributed by atoms with Crippen LogP contribution >= 0.6 is 0 Å². The normalized spacial score (nSPS) is 20.0. The number of rotatable bonds is 7. The molecule has 144 valence electrons. The average Bonchev–Trinajstić information content (AvgIpc) is 3.39. The minimum Gasteiger partial charge on any atom is -0.433 e. The smallest absolute Gasteiger partial charge is 0.428 e. The molecule has 0 bridgehead atoms. The van der Waals surface area contributed by atoms with Gasteiger partial charge in [0.05, 0.1) is 13.2 Å². The largest absolute Gasteiger partial charge is 0.433 e. The summed E-state index contributed by atoms with van der Waals surface area (Å²) in [6.45, 7) is 0.245. The van der Waals surface area contributed by atoms with E-state index in [9.17, 15) is 18.0 Å². The van der Waals surface area contributed by atoms with E-state index >= 15 is 0 Å². The summed E-state index contributed by atoms with van der Waals surface area (Å²) in [5.74, 6) is 0. The topological polar surface area (TPSA) is 60.1 Å². The van der Waals surface area contributed by atoms with E-state index in [1.807, 2.05) is 30.3 Å². The van der Waals surface area contributed by atoms with E-state index in [-0.39, 0.29) is 13.2 Å². The molecule has 1 amide bonds. The summed E-state index contributed by atoms with van der Waals surface area (Å²) in [7, 11) is 0. The molecule has 2 aromatic rings. The standard InChI is InChI=1S/C19H18F3NO4/c20-19(21,22)17(27-18(24)23-14-9-5-2-6-10-14)16-15(26-16)12-25-11-13-7-3-1-4-8-13/h1-10,15-17H,11-12H2,(H,23,24)/t15-,16+,17-/m0/s1. The summed E-state index contributed by atoms with van der Waals surface area (Å²) in [6.07, 6.45) is -10.3. The first-order chi connectivity index (χ1) is 12.9. The van der Waals surface area contributed by atoms with Crippen molar-refractivity contribution in [2.24, 2.45) is 0 Å². The SMILES string of the molecule is O=C(Nc1ccccc1)O[C@@H]([C@@H]1O[C@H]1COCc1ccccc1)C(F)(F)F. The van der Waals surface area contributed by atoms with Gasteiger partial charge >= 0.3 is 12.3 Å². The highest BCUT2D eigenvalue weighted by Crippen LogP contribution is 2.37. The van der Waals surface area contributed by atoms with E-state index in [0.29, 0.717) is 5.69 Å². The van der Waals surface area contributed by atoms with Gasteiger partial charge in [0.25, 0.3) is 0 Å². The zero-order valence-corrected chi connectivity index (χ0v) is 14.2. The highest BCUT2D eigenvalue weighted by molar-refractivity contribution is 5.84. The van der Waals surface area contributed by atoms with Gasteiger partial charge in [0.1, 0.15) is 12.2 Å². The number of ether oxygens (including phenoxy) is 3. The number of epoxide rings is 1. The number of carbonyl (C=O) groups is 1. The van der Waals surface area contributed by atoms with Crippen molar-refractivity contribution in [3.8, 4) is 0 Å². The first-order valence-corrected chi connectivity index (χ1v) is 8.30. The Morgan fingerprint density at radius 3 is 2.33 bits per heavy atom. The Labute approximate surface area is 154 Å². The molecule has 0 radical (unpaired) electrons. The second kappa shape index (κ2) is 8.41. The molecule has 8 heteroatoms. The Hall–Kier alpha value is -2.58. The van der Waals surface area contributed by atoms with Gasteiger partial charge in [0.15, 0.2) is 0 Å². The number of hydrogen-bond acceptors (Lipinski definition) is 4. The van der Waals surface area contributed by atoms with Crippen LogP contribution in [0.25, 0.3) is 0 Å². The van der Waals surface area contributed by atoms with E-state index in [2.05, 4.69) is 10.1 Å². The monoisotopic (exact) mass is 381 g/mol. The van der Waals surface area contributed by atoms with Gasteiger partial charge in [-0.05, 0) is 17.7 Å². The van der Waals surface area contributed by atoms with Crippen molar-refractivity contribution in [1.29, 1.82) is 0 Å². The molecule has 0 spiro atoms. The molecule has 1 N–H and O–H groups in total. The minimum absolute atomic E-state index is 0.0181. The molecule has 3 atom stereocenters. The number of para-hydroxylation sites is 1. The van der Waals surface area contributed by atoms with Gasteiger partial charge in [-0.25, -0.2) is 4.79 Å². The van der Waals surface area contributed by atoms with Crippen LogP contribution in [-0.4, -0.2) is 37.2 Å². The minimum atomic E-state index is -4.74. The Balaban J connectivity index is 1.49. The Kier molecular flexibility index (Phi) is 5.98. The third-order valence-corrected chi connectivity index (χ3v) is 3.89. The molecule has 3 rings (SSSR count). The maximum absolute atomic E-state index is 13.2. The summed E-state index contributed by atoms with van der Waals surface area (Å²) >= 11 is 0. The molecule has 0 saturated carbocycles. The van der Waals surface area contributed by atoms with Crippen molar-refractivity contribution in [3.05, 3.63) is 66.2 Å². The Bertz CT molecular complexity index is 740. The molecular formula is C19H18F3NO4. The molecule has 2 aromatic carbocycles. The third-order valence-electron chi connectivity index (χ3n) is 3.89. The number of halogens is 3. The molecule has 0 aromatic heterocycles. The lowest BCUT2D eigenvalue weighted by Crippen LogP contribution is -2.40. The molecule has 1 saturated heterocycles. The quantitative estimate of drug-likeness (QED) is 0.732. The molecule has 27 heavy (non-hydrogen) atoms. The van der Waals surface area contributed by atoms with Crippen LogP contribution in [0.2, 0.25) is 0 Å². The lowest BCUT2D eigenvalue weighted by Gasteiger charge is -2.19. The predicted octanol–water partition coefficient (Wildman–Crippen LogP) is 4.15. The highest BCUT2D eigenvalue weighted by atomic mass is 19.4. The van der Waals surface area contributed by atoms with Crippen molar-refractivity contribution in [2.75, 3.05) is 11.9 Å². The van der Waals surface area contributed by atoms with Gasteiger partial charge in [-0.3, -0.25) is 5.32 Å². The number of benzene rings is 2. The van der Waals surface area contributed by atoms with Crippen molar-refractivity contribution in [3.63, 3.8) is 0 Å². The van der Waals surface area contributed by atoms with E-state index in [1.54, 1.807) is 18.2 Å². The third kappa shape index (κ3) is 5.70. The van der Waals surface area contributed by atoms with E-state index in [1.165, 1.54) is 12.1 Å². The summed E-state index contributed by atoms with van der Waals surface area (Å²) in [5, 5.41) is 2.26. The fraction of sp³-hybridized carbons (Fsp3) is 0.316. The lowest BCUT2D eigenvalue weighted by atomic mass is 10.2. The number of anilines is 1. The number of nitrogens with one attached hydrogen (secondary N) is 1. The van der Waals surface area contributed by atoms with Gasteiger partial charge in [-0.1, -0.05) is 48.5 Å². The Morgan fingerprint density at radius 1 is 1.07 bits per heavy atom. The average molecular weight is 381 g/mol. The maximum atomic E-state index is 13.2. The molecule has 1 aliphatic rings. The van der Waals surface area contributed by atoms with E-state index in [0.717, 1.165) is 5.56 Å². The van der Waals surface area contributed by atoms with Crippen LogP contribution in [0.1, 0.15) is 5.56 Å². The number of hydrogen-bond donors (Lipinski definition) is 1. The molecular weight excluding hydrogens is 363 g/mol. The lowest BCUT2D eigenvalue weighted by molar-refractivity contribution is -0.207. The number of carbonyl (C=O) groups excluding carboxylic acids is 1. The van der Waals surface area contributed by atoms with Crippen molar-refractivity contribution >= 4 is 11.8 Å². The zero-order valence-electron chi connectivity index (χ0n) is 14.2. The fourth-order valence-corrected chi connectivity index (χ4v) is 2.53. The van der Waals surface area contributed by atoms with Gasteiger partial charge in [0.2, 0.25) is 6.10 Å². The second-order valence-corrected chi connectivity index (χ2v) is 6.00. The maximum Gasteiger partial charge on any atom is 0.428 e. The van der Waals surface area contributed by atoms with Gasteiger partial charge < -0.3 is 14.2 Å². The molecule has 1 fully saturated rings. The summed E-state index contributed by atoms with van der Waals surface area (Å²) in [5.41, 5.74) is 1.24. The second-order valence-electron chi connectivity index (χ2n) is 6.00. The zero-order chi connectivity index (χ0) is 19.3. The van der Waals surface area contributed by atoms with Gasteiger partial charge in [-0.2, -0.15) is 13.2 Å². The summed E-state index contributed by atoms with van der Waals surface area (Å²) in [6, 6.07) is 17.3. The van der Waals surface area contributed by atoms with Crippen LogP contribution < -0.4 is 5.32 Å². The van der Waals surface area contributed by atoms with Crippen LogP contribution in [-0.2, 0) is 20.8 Å². The Morgan fingerprint density at radius 2 is 1.70 bits per heavy atom. The predicted molar refractivity (Wildman–Crippen MR) is 91.1 cm³/mol. The van der Waals surface area contributed by atoms with E-state index < -0.39 is 30.6 Å². The van der Waals surface area contributed by atoms with Crippen molar-refractivity contribution < 1.29 is 32.2 Å². The molecule has 0 aliphatic carbocycles. The number of amides is 1. The highest BCUT2D eigenvalue weighted by Gasteiger charge is 2.59. The van der Waals surface area contributed by atoms with Crippen molar-refractivity contribution in [1.82, 2.24) is 0 Å². The van der Waals surface area contributed by atoms with Gasteiger partial charge in [-0.15, -0.1) is 0 Å². The van der Waals surface area contributed by atoms with Crippen LogP contribution in [0.15, 0.2) is 60.7 Å². The summed E-state index contributed by atoms with van der Waals surface area (Å²) in [4.78, 5) is 11.8. The van der Waals surface area contributed by atoms with Gasteiger partial charge in [0, 0.05) is 5.69 Å². The molecule has 1 heterocycles. The summed E-state index contributed by atoms with van der Waals surface area (Å²) < 4.78 is 54.7. The first kappa shape index (κ1) is 19.2. The van der Waals surface area contributed by atoms with Crippen LogP contribution in [0.3, 0.4) is 0 Å². The molecule has 1 aliphatic heterocycles. The molecule has 5 nitrogen and oxygen atoms in total. The van der Waals surface area contributed by atoms with E-state index in [4.69, 9.17) is 9.47 Å². The fourth-order valence-electron chi connectivity index (χ4n) is 2.53. The first-order valence-electron chi connectivity index (χ1n) is 8.30.